The van der Waals surface area contributed by atoms with Crippen LogP contribution in [0, 0.1) is 11.3 Å². The van der Waals surface area contributed by atoms with E-state index in [0.29, 0.717) is 16.5 Å². The minimum atomic E-state index is 0.282. The Morgan fingerprint density at radius 3 is 2.60 bits per heavy atom. The number of hydrogen-bond acceptors (Lipinski definition) is 4. The molecule has 0 saturated heterocycles. The largest absolute Gasteiger partial charge is 0.495 e. The zero-order valence-corrected chi connectivity index (χ0v) is 11.7. The normalized spacial score (nSPS) is 9.85. The molecular weight excluding hydrogens is 274 g/mol. The van der Waals surface area contributed by atoms with Crippen LogP contribution in [0.15, 0.2) is 36.4 Å². The number of nitrogen functional groups attached to an aromatic ring is 1. The van der Waals surface area contributed by atoms with Crippen molar-refractivity contribution >= 4 is 28.7 Å². The van der Waals surface area contributed by atoms with Gasteiger partial charge in [0.25, 0.3) is 0 Å². The van der Waals surface area contributed by atoms with Crippen LogP contribution in [0.2, 0.25) is 5.02 Å². The van der Waals surface area contributed by atoms with Crippen LogP contribution in [0.5, 0.6) is 5.75 Å². The summed E-state index contributed by atoms with van der Waals surface area (Å²) in [7, 11) is 1.57. The van der Waals surface area contributed by atoms with Crippen LogP contribution < -0.4 is 15.8 Å². The number of halogens is 1. The van der Waals surface area contributed by atoms with E-state index in [0.717, 1.165) is 16.9 Å². The predicted octanol–water partition coefficient (Wildman–Crippen LogP) is 3.74. The maximum atomic E-state index is 8.76. The third-order valence-electron chi connectivity index (χ3n) is 2.85. The minimum Gasteiger partial charge on any atom is -0.495 e. The molecule has 0 aliphatic carbocycles. The van der Waals surface area contributed by atoms with Crippen LogP contribution in [-0.4, -0.2) is 7.11 Å². The van der Waals surface area contributed by atoms with Crippen molar-refractivity contribution in [2.24, 2.45) is 0 Å². The highest BCUT2D eigenvalue weighted by atomic mass is 35.5. The lowest BCUT2D eigenvalue weighted by Crippen LogP contribution is -1.97. The Bertz CT molecular complexity index is 665. The zero-order valence-electron chi connectivity index (χ0n) is 11.0. The van der Waals surface area contributed by atoms with Crippen LogP contribution in [0.1, 0.15) is 5.56 Å². The van der Waals surface area contributed by atoms with E-state index < -0.39 is 0 Å². The fourth-order valence-corrected chi connectivity index (χ4v) is 2.09. The van der Waals surface area contributed by atoms with Crippen LogP contribution in [0.3, 0.4) is 0 Å². The SMILES string of the molecule is COc1ccc(Nc2ccc(N)c(CC#N)c2)cc1Cl. The first kappa shape index (κ1) is 14.0. The molecular formula is C15H14ClN3O. The smallest absolute Gasteiger partial charge is 0.137 e. The molecule has 0 aliphatic rings. The summed E-state index contributed by atoms with van der Waals surface area (Å²) in [6.07, 6.45) is 0.282. The van der Waals surface area contributed by atoms with Gasteiger partial charge in [-0.1, -0.05) is 11.6 Å². The summed E-state index contributed by atoms with van der Waals surface area (Å²) < 4.78 is 5.10. The summed E-state index contributed by atoms with van der Waals surface area (Å²) in [6, 6.07) is 13.0. The van der Waals surface area contributed by atoms with E-state index in [1.54, 1.807) is 25.3 Å². The number of methoxy groups -OCH3 is 1. The van der Waals surface area contributed by atoms with E-state index in [-0.39, 0.29) is 6.42 Å². The van der Waals surface area contributed by atoms with Crippen molar-refractivity contribution < 1.29 is 4.74 Å². The molecule has 2 aromatic rings. The standard InChI is InChI=1S/C15H14ClN3O/c1-20-15-5-3-12(9-13(15)16)19-11-2-4-14(18)10(8-11)6-7-17/h2-5,8-9,19H,6,18H2,1H3. The summed E-state index contributed by atoms with van der Waals surface area (Å²) in [5, 5.41) is 12.5. The average Bonchev–Trinajstić information content (AvgIpc) is 2.43. The van der Waals surface area contributed by atoms with Crippen molar-refractivity contribution in [1.82, 2.24) is 0 Å². The van der Waals surface area contributed by atoms with E-state index in [9.17, 15) is 0 Å². The molecule has 20 heavy (non-hydrogen) atoms. The van der Waals surface area contributed by atoms with Crippen molar-refractivity contribution in [3.05, 3.63) is 47.0 Å². The number of hydrogen-bond donors (Lipinski definition) is 2. The molecule has 0 unspecified atom stereocenters. The van der Waals surface area contributed by atoms with Crippen LogP contribution in [0.4, 0.5) is 17.1 Å². The second-order valence-corrected chi connectivity index (χ2v) is 4.63. The number of nitrogens with two attached hydrogens (primary N) is 1. The number of nitriles is 1. The summed E-state index contributed by atoms with van der Waals surface area (Å²) in [5.41, 5.74) is 8.92. The van der Waals surface area contributed by atoms with E-state index in [1.165, 1.54) is 0 Å². The van der Waals surface area contributed by atoms with Gasteiger partial charge in [-0.25, -0.2) is 0 Å². The van der Waals surface area contributed by atoms with Gasteiger partial charge in [-0.05, 0) is 42.0 Å². The maximum Gasteiger partial charge on any atom is 0.137 e. The summed E-state index contributed by atoms with van der Waals surface area (Å²) >= 11 is 6.07. The Balaban J connectivity index is 2.24. The Hall–Kier alpha value is -2.38. The van der Waals surface area contributed by atoms with Gasteiger partial charge in [0.15, 0.2) is 0 Å². The lowest BCUT2D eigenvalue weighted by molar-refractivity contribution is 0.415. The van der Waals surface area contributed by atoms with E-state index >= 15 is 0 Å². The van der Waals surface area contributed by atoms with Gasteiger partial charge < -0.3 is 15.8 Å². The fourth-order valence-electron chi connectivity index (χ4n) is 1.83. The topological polar surface area (TPSA) is 71.1 Å². The van der Waals surface area contributed by atoms with Gasteiger partial charge in [0.2, 0.25) is 0 Å². The number of benzene rings is 2. The Labute approximate surface area is 122 Å². The Morgan fingerprint density at radius 2 is 1.95 bits per heavy atom. The van der Waals surface area contributed by atoms with Gasteiger partial charge in [0, 0.05) is 17.1 Å². The number of anilines is 3. The van der Waals surface area contributed by atoms with Crippen LogP contribution >= 0.6 is 11.6 Å². The number of nitrogens with zero attached hydrogens (tertiary/aromatic N) is 1. The first-order valence-corrected chi connectivity index (χ1v) is 6.37. The van der Waals surface area contributed by atoms with Gasteiger partial charge in [-0.3, -0.25) is 0 Å². The van der Waals surface area contributed by atoms with Crippen molar-refractivity contribution in [2.45, 2.75) is 6.42 Å². The maximum absolute atomic E-state index is 8.76. The first-order chi connectivity index (χ1) is 9.63. The van der Waals surface area contributed by atoms with Crippen molar-refractivity contribution in [3.8, 4) is 11.8 Å². The lowest BCUT2D eigenvalue weighted by Gasteiger charge is -2.11. The molecule has 0 amide bonds. The van der Waals surface area contributed by atoms with E-state index in [2.05, 4.69) is 11.4 Å². The molecule has 4 nitrogen and oxygen atoms in total. The monoisotopic (exact) mass is 287 g/mol. The third kappa shape index (κ3) is 3.14. The molecule has 0 bridgehead atoms. The Morgan fingerprint density at radius 1 is 1.25 bits per heavy atom. The van der Waals surface area contributed by atoms with Gasteiger partial charge in [0.1, 0.15) is 5.75 Å². The van der Waals surface area contributed by atoms with Crippen molar-refractivity contribution in [3.63, 3.8) is 0 Å². The zero-order chi connectivity index (χ0) is 14.5. The highest BCUT2D eigenvalue weighted by molar-refractivity contribution is 6.32. The van der Waals surface area contributed by atoms with Gasteiger partial charge in [0.05, 0.1) is 24.6 Å². The predicted molar refractivity (Wildman–Crippen MR) is 81.5 cm³/mol. The summed E-state index contributed by atoms with van der Waals surface area (Å²) in [4.78, 5) is 0. The molecule has 2 rings (SSSR count). The second-order valence-electron chi connectivity index (χ2n) is 4.22. The number of nitrogens with one attached hydrogen (secondary N) is 1. The molecule has 102 valence electrons. The molecule has 0 spiro atoms. The quantitative estimate of drug-likeness (QED) is 0.840. The first-order valence-electron chi connectivity index (χ1n) is 6.00. The number of rotatable bonds is 4. The molecule has 0 aliphatic heterocycles. The highest BCUT2D eigenvalue weighted by Crippen LogP contribution is 2.29. The molecule has 0 radical (unpaired) electrons. The van der Waals surface area contributed by atoms with Crippen LogP contribution in [0.25, 0.3) is 0 Å². The molecule has 0 heterocycles. The van der Waals surface area contributed by atoms with E-state index in [1.807, 2.05) is 18.2 Å². The fraction of sp³-hybridized carbons (Fsp3) is 0.133. The third-order valence-corrected chi connectivity index (χ3v) is 3.15. The molecule has 0 fully saturated rings. The summed E-state index contributed by atoms with van der Waals surface area (Å²) in [6.45, 7) is 0. The van der Waals surface area contributed by atoms with Gasteiger partial charge >= 0.3 is 0 Å². The van der Waals surface area contributed by atoms with Gasteiger partial charge in [-0.15, -0.1) is 0 Å². The molecule has 0 aromatic heterocycles. The minimum absolute atomic E-state index is 0.282. The summed E-state index contributed by atoms with van der Waals surface area (Å²) in [5.74, 6) is 0.625. The van der Waals surface area contributed by atoms with Gasteiger partial charge in [-0.2, -0.15) is 5.26 Å². The molecule has 0 saturated carbocycles. The highest BCUT2D eigenvalue weighted by Gasteiger charge is 2.04. The number of ether oxygens (including phenoxy) is 1. The average molecular weight is 288 g/mol. The lowest BCUT2D eigenvalue weighted by atomic mass is 10.1. The Kier molecular flexibility index (Phi) is 4.34. The van der Waals surface area contributed by atoms with Crippen molar-refractivity contribution in [2.75, 3.05) is 18.2 Å². The molecule has 5 heteroatoms. The molecule has 3 N–H and O–H groups in total. The van der Waals surface area contributed by atoms with Crippen molar-refractivity contribution in [1.29, 1.82) is 5.26 Å². The second kappa shape index (κ2) is 6.18. The molecule has 0 atom stereocenters. The van der Waals surface area contributed by atoms with E-state index in [4.69, 9.17) is 27.3 Å². The molecule has 2 aromatic carbocycles. The van der Waals surface area contributed by atoms with Crippen LogP contribution in [-0.2, 0) is 6.42 Å².